The van der Waals surface area contributed by atoms with E-state index in [0.29, 0.717) is 17.0 Å². The van der Waals surface area contributed by atoms with E-state index in [-0.39, 0.29) is 5.56 Å². The number of halogens is 1. The zero-order valence-electron chi connectivity index (χ0n) is 15.2. The lowest BCUT2D eigenvalue weighted by molar-refractivity contribution is 0.781. The van der Waals surface area contributed by atoms with Gasteiger partial charge in [0, 0.05) is 5.02 Å². The molecule has 2 aromatic heterocycles. The number of aromatic nitrogens is 2. The van der Waals surface area contributed by atoms with Gasteiger partial charge in [-0.3, -0.25) is 13.8 Å². The van der Waals surface area contributed by atoms with E-state index in [4.69, 9.17) is 23.8 Å². The maximum Gasteiger partial charge on any atom is 0.261 e. The lowest BCUT2D eigenvalue weighted by Gasteiger charge is -2.13. The first-order chi connectivity index (χ1) is 14.1. The molecule has 0 aliphatic rings. The second kappa shape index (κ2) is 7.26. The van der Waals surface area contributed by atoms with Crippen molar-refractivity contribution in [3.8, 4) is 10.4 Å². The van der Waals surface area contributed by atoms with Crippen LogP contribution in [0.25, 0.3) is 27.0 Å². The van der Waals surface area contributed by atoms with E-state index in [9.17, 15) is 4.79 Å². The van der Waals surface area contributed by atoms with Crippen molar-refractivity contribution in [2.24, 2.45) is 0 Å². The van der Waals surface area contributed by atoms with Gasteiger partial charge >= 0.3 is 0 Å². The van der Waals surface area contributed by atoms with Gasteiger partial charge in [-0.2, -0.15) is 0 Å². The van der Waals surface area contributed by atoms with Crippen molar-refractivity contribution in [2.45, 2.75) is 6.54 Å². The van der Waals surface area contributed by atoms with Gasteiger partial charge in [0.1, 0.15) is 5.65 Å². The van der Waals surface area contributed by atoms with Gasteiger partial charge in [0.15, 0.2) is 3.95 Å². The molecular weight excluding hydrogens is 420 g/mol. The lowest BCUT2D eigenvalue weighted by atomic mass is 10.1. The molecule has 6 heteroatoms. The maximum absolute atomic E-state index is 13.5. The van der Waals surface area contributed by atoms with Crippen molar-refractivity contribution >= 4 is 51.7 Å². The van der Waals surface area contributed by atoms with Gasteiger partial charge in [0.05, 0.1) is 22.3 Å². The van der Waals surface area contributed by atoms with Gasteiger partial charge in [0.25, 0.3) is 5.56 Å². The van der Waals surface area contributed by atoms with Crippen LogP contribution in [0.3, 0.4) is 0 Å². The number of nitrogens with zero attached hydrogens (tertiary/aromatic N) is 2. The standard InChI is InChI=1S/C23H15ClN2OS2/c24-17-10-6-7-15(13-17)14-25-21-20(16-8-2-1-3-9-16)29-23(28)26(21)19-12-5-4-11-18(19)22(25)27/h1-13H,14H2. The van der Waals surface area contributed by atoms with Crippen LogP contribution in [0.5, 0.6) is 0 Å². The van der Waals surface area contributed by atoms with Crippen molar-refractivity contribution in [2.75, 3.05) is 0 Å². The highest BCUT2D eigenvalue weighted by molar-refractivity contribution is 7.73. The van der Waals surface area contributed by atoms with Crippen LogP contribution in [0.2, 0.25) is 5.02 Å². The quantitative estimate of drug-likeness (QED) is 0.306. The molecule has 0 unspecified atom stereocenters. The number of benzene rings is 3. The fourth-order valence-electron chi connectivity index (χ4n) is 3.66. The minimum atomic E-state index is -0.0365. The molecule has 0 aliphatic carbocycles. The van der Waals surface area contributed by atoms with Crippen LogP contribution >= 0.6 is 35.2 Å². The highest BCUT2D eigenvalue weighted by Crippen LogP contribution is 2.33. The summed E-state index contributed by atoms with van der Waals surface area (Å²) < 4.78 is 4.54. The Morgan fingerprint density at radius 1 is 0.931 bits per heavy atom. The van der Waals surface area contributed by atoms with E-state index < -0.39 is 0 Å². The third-order valence-corrected chi connectivity index (χ3v) is 6.58. The van der Waals surface area contributed by atoms with Crippen LogP contribution < -0.4 is 5.56 Å². The fourth-order valence-corrected chi connectivity index (χ4v) is 5.30. The maximum atomic E-state index is 13.5. The number of thiazole rings is 1. The fraction of sp³-hybridized carbons (Fsp3) is 0.0435. The van der Waals surface area contributed by atoms with Crippen molar-refractivity contribution in [1.82, 2.24) is 8.97 Å². The van der Waals surface area contributed by atoms with Crippen molar-refractivity contribution in [1.29, 1.82) is 0 Å². The smallest absolute Gasteiger partial charge is 0.261 e. The van der Waals surface area contributed by atoms with E-state index in [1.807, 2.05) is 87.8 Å². The molecule has 0 fully saturated rings. The molecule has 0 saturated heterocycles. The molecule has 3 nitrogen and oxygen atoms in total. The molecule has 2 heterocycles. The van der Waals surface area contributed by atoms with Crippen LogP contribution in [-0.4, -0.2) is 8.97 Å². The average Bonchev–Trinajstić information content (AvgIpc) is 3.09. The number of para-hydroxylation sites is 1. The molecular formula is C23H15ClN2OS2. The third-order valence-electron chi connectivity index (χ3n) is 4.93. The zero-order chi connectivity index (χ0) is 20.0. The van der Waals surface area contributed by atoms with Crippen LogP contribution in [0.1, 0.15) is 5.56 Å². The highest BCUT2D eigenvalue weighted by Gasteiger charge is 2.18. The first kappa shape index (κ1) is 18.3. The summed E-state index contributed by atoms with van der Waals surface area (Å²) in [5, 5.41) is 1.30. The van der Waals surface area contributed by atoms with Crippen molar-refractivity contribution in [3.63, 3.8) is 0 Å². The summed E-state index contributed by atoms with van der Waals surface area (Å²) in [4.78, 5) is 14.5. The molecule has 5 rings (SSSR count). The minimum Gasteiger partial charge on any atom is -0.288 e. The molecule has 0 N–H and O–H groups in total. The molecule has 142 valence electrons. The Morgan fingerprint density at radius 2 is 1.69 bits per heavy atom. The second-order valence-corrected chi connectivity index (χ2v) is 8.84. The highest BCUT2D eigenvalue weighted by atomic mass is 35.5. The zero-order valence-corrected chi connectivity index (χ0v) is 17.6. The Labute approximate surface area is 181 Å². The largest absolute Gasteiger partial charge is 0.288 e. The van der Waals surface area contributed by atoms with Crippen molar-refractivity contribution in [3.05, 3.63) is 104 Å². The molecule has 0 atom stereocenters. The number of fused-ring (bicyclic) bond motifs is 3. The number of rotatable bonds is 3. The summed E-state index contributed by atoms with van der Waals surface area (Å²) in [7, 11) is 0. The predicted molar refractivity (Wildman–Crippen MR) is 124 cm³/mol. The molecule has 0 spiro atoms. The molecule has 29 heavy (non-hydrogen) atoms. The van der Waals surface area contributed by atoms with Crippen LogP contribution in [0.15, 0.2) is 83.7 Å². The summed E-state index contributed by atoms with van der Waals surface area (Å²) in [6, 6.07) is 25.3. The van der Waals surface area contributed by atoms with Crippen LogP contribution in [0.4, 0.5) is 0 Å². The van der Waals surface area contributed by atoms with Gasteiger partial charge in [-0.25, -0.2) is 0 Å². The molecule has 3 aromatic carbocycles. The summed E-state index contributed by atoms with van der Waals surface area (Å²) in [6.07, 6.45) is 0. The summed E-state index contributed by atoms with van der Waals surface area (Å²) >= 11 is 13.4. The Morgan fingerprint density at radius 3 is 2.48 bits per heavy atom. The normalized spacial score (nSPS) is 11.3. The molecule has 0 amide bonds. The summed E-state index contributed by atoms with van der Waals surface area (Å²) in [6.45, 7) is 0.416. The first-order valence-electron chi connectivity index (χ1n) is 9.10. The number of hydrogen-bond donors (Lipinski definition) is 0. The van der Waals surface area contributed by atoms with E-state index in [2.05, 4.69) is 0 Å². The van der Waals surface area contributed by atoms with Gasteiger partial charge in [-0.15, -0.1) is 11.3 Å². The van der Waals surface area contributed by atoms with Gasteiger partial charge in [-0.05, 0) is 47.6 Å². The molecule has 0 saturated carbocycles. The number of hydrogen-bond acceptors (Lipinski definition) is 3. The van der Waals surface area contributed by atoms with E-state index in [1.165, 1.54) is 11.3 Å². The molecule has 0 radical (unpaired) electrons. The second-order valence-electron chi connectivity index (χ2n) is 6.76. The van der Waals surface area contributed by atoms with Crippen molar-refractivity contribution < 1.29 is 0 Å². The van der Waals surface area contributed by atoms with Gasteiger partial charge in [0.2, 0.25) is 0 Å². The van der Waals surface area contributed by atoms with E-state index >= 15 is 0 Å². The summed E-state index contributed by atoms with van der Waals surface area (Å²) in [5.41, 5.74) is 3.62. The SMILES string of the molecule is O=c1c2ccccc2n2c(=S)sc(-c3ccccc3)c2n1Cc1cccc(Cl)c1. The Kier molecular flexibility index (Phi) is 4.59. The molecule has 0 bridgehead atoms. The Balaban J connectivity index is 1.92. The predicted octanol–water partition coefficient (Wildman–Crippen LogP) is 6.41. The topological polar surface area (TPSA) is 26.4 Å². The Bertz CT molecular complexity index is 1480. The average molecular weight is 435 g/mol. The minimum absolute atomic E-state index is 0.0365. The first-order valence-corrected chi connectivity index (χ1v) is 10.7. The van der Waals surface area contributed by atoms with Crippen LogP contribution in [0, 0.1) is 3.95 Å². The third kappa shape index (κ3) is 3.12. The van der Waals surface area contributed by atoms with Crippen LogP contribution in [-0.2, 0) is 6.54 Å². The van der Waals surface area contributed by atoms with E-state index in [1.54, 1.807) is 0 Å². The van der Waals surface area contributed by atoms with Gasteiger partial charge in [-0.1, -0.05) is 66.2 Å². The summed E-state index contributed by atoms with van der Waals surface area (Å²) in [5.74, 6) is 0. The van der Waals surface area contributed by atoms with E-state index in [0.717, 1.165) is 31.1 Å². The molecule has 0 aliphatic heterocycles. The lowest BCUT2D eigenvalue weighted by Crippen LogP contribution is -2.23. The van der Waals surface area contributed by atoms with Gasteiger partial charge < -0.3 is 0 Å². The Hall–Kier alpha value is -2.73. The monoisotopic (exact) mass is 434 g/mol. The molecule has 5 aromatic rings.